The van der Waals surface area contributed by atoms with Gasteiger partial charge in [0.25, 0.3) is 0 Å². The smallest absolute Gasteiger partial charge is 0.286 e. The lowest BCUT2D eigenvalue weighted by Crippen LogP contribution is -2.49. The summed E-state index contributed by atoms with van der Waals surface area (Å²) in [4.78, 5) is 0. The van der Waals surface area contributed by atoms with E-state index in [4.69, 9.17) is 13.6 Å². The highest BCUT2D eigenvalue weighted by Gasteiger charge is 2.53. The molecule has 3 rings (SSSR count). The van der Waals surface area contributed by atoms with Gasteiger partial charge in [0.15, 0.2) is 0 Å². The van der Waals surface area contributed by atoms with E-state index in [9.17, 15) is 4.57 Å². The second-order valence-corrected chi connectivity index (χ2v) is 6.90. The zero-order valence-corrected chi connectivity index (χ0v) is 11.7. The molecular formula is C12H23O4P. The predicted octanol–water partition coefficient (Wildman–Crippen LogP) is 3.76. The molecule has 4 nitrogen and oxygen atoms in total. The number of phosphoric acid groups is 1. The molecule has 5 heteroatoms. The number of hydrogen-bond donors (Lipinski definition) is 0. The third-order valence-corrected chi connectivity index (χ3v) is 5.38. The summed E-state index contributed by atoms with van der Waals surface area (Å²) in [5.74, 6) is 0.545. The molecule has 1 atom stereocenters. The maximum atomic E-state index is 11.7. The molecule has 17 heavy (non-hydrogen) atoms. The summed E-state index contributed by atoms with van der Waals surface area (Å²) < 4.78 is 27.5. The minimum atomic E-state index is -3.15. The summed E-state index contributed by atoms with van der Waals surface area (Å²) in [5, 5.41) is 0. The number of rotatable bonds is 6. The standard InChI is InChI=1S/C12H23O4P/c1-3-5-6-7-11(4-2)12-8-14-17(13,15-9-12)16-10-12/h11H,3-10H2,1-2H3. The first kappa shape index (κ1) is 13.5. The molecule has 0 aromatic carbocycles. The average molecular weight is 262 g/mol. The van der Waals surface area contributed by atoms with Crippen molar-refractivity contribution in [3.63, 3.8) is 0 Å². The van der Waals surface area contributed by atoms with Gasteiger partial charge in [-0.3, -0.25) is 13.6 Å². The first-order valence-corrected chi connectivity index (χ1v) is 8.14. The fourth-order valence-electron chi connectivity index (χ4n) is 2.80. The molecule has 3 heterocycles. The molecule has 100 valence electrons. The van der Waals surface area contributed by atoms with Crippen molar-refractivity contribution in [3.8, 4) is 0 Å². The first-order chi connectivity index (χ1) is 8.14. The average Bonchev–Trinajstić information content (AvgIpc) is 2.36. The van der Waals surface area contributed by atoms with Gasteiger partial charge >= 0.3 is 7.82 Å². The minimum Gasteiger partial charge on any atom is -0.286 e. The molecule has 0 saturated carbocycles. The van der Waals surface area contributed by atoms with E-state index in [-0.39, 0.29) is 5.41 Å². The summed E-state index contributed by atoms with van der Waals surface area (Å²) in [6, 6.07) is 0. The van der Waals surface area contributed by atoms with Crippen LogP contribution in [0, 0.1) is 11.3 Å². The van der Waals surface area contributed by atoms with Crippen molar-refractivity contribution in [2.75, 3.05) is 19.8 Å². The Bertz CT molecular complexity index is 274. The van der Waals surface area contributed by atoms with Crippen LogP contribution >= 0.6 is 7.82 Å². The van der Waals surface area contributed by atoms with Gasteiger partial charge in [0.1, 0.15) is 0 Å². The summed E-state index contributed by atoms with van der Waals surface area (Å²) in [5.41, 5.74) is -0.0609. The minimum absolute atomic E-state index is 0.0609. The zero-order chi connectivity index (χ0) is 12.4. The summed E-state index contributed by atoms with van der Waals surface area (Å²) >= 11 is 0. The number of fused-ring (bicyclic) bond motifs is 3. The van der Waals surface area contributed by atoms with Crippen LogP contribution < -0.4 is 0 Å². The normalized spacial score (nSPS) is 38.2. The Labute approximate surface area is 104 Å². The third kappa shape index (κ3) is 2.76. The SMILES string of the molecule is CCCCCC(CC)C12COP(=O)(OC1)OC2. The van der Waals surface area contributed by atoms with Gasteiger partial charge in [-0.2, -0.15) is 0 Å². The van der Waals surface area contributed by atoms with E-state index in [2.05, 4.69) is 13.8 Å². The zero-order valence-electron chi connectivity index (χ0n) is 10.8. The van der Waals surface area contributed by atoms with Gasteiger partial charge in [-0.25, -0.2) is 4.57 Å². The fourth-order valence-corrected chi connectivity index (χ4v) is 4.27. The molecule has 0 spiro atoms. The Morgan fingerprint density at radius 3 is 2.18 bits per heavy atom. The molecule has 0 N–H and O–H groups in total. The summed E-state index contributed by atoms with van der Waals surface area (Å²) in [6.45, 7) is 6.03. The van der Waals surface area contributed by atoms with E-state index >= 15 is 0 Å². The van der Waals surface area contributed by atoms with E-state index in [0.29, 0.717) is 25.7 Å². The molecule has 1 unspecified atom stereocenters. The lowest BCUT2D eigenvalue weighted by molar-refractivity contribution is -0.124. The highest BCUT2D eigenvalue weighted by Crippen LogP contribution is 2.62. The van der Waals surface area contributed by atoms with Crippen LogP contribution in [-0.2, 0) is 18.1 Å². The lowest BCUT2D eigenvalue weighted by Gasteiger charge is -2.48. The van der Waals surface area contributed by atoms with Crippen LogP contribution in [0.25, 0.3) is 0 Å². The van der Waals surface area contributed by atoms with Gasteiger partial charge in [0.05, 0.1) is 19.8 Å². The highest BCUT2D eigenvalue weighted by molar-refractivity contribution is 7.48. The van der Waals surface area contributed by atoms with Crippen molar-refractivity contribution in [2.45, 2.75) is 46.0 Å². The first-order valence-electron chi connectivity index (χ1n) is 6.68. The molecule has 2 bridgehead atoms. The van der Waals surface area contributed by atoms with Crippen molar-refractivity contribution >= 4 is 7.82 Å². The monoisotopic (exact) mass is 262 g/mol. The molecule has 0 aliphatic carbocycles. The van der Waals surface area contributed by atoms with Crippen LogP contribution in [0.15, 0.2) is 0 Å². The molecule has 3 aliphatic rings. The topological polar surface area (TPSA) is 44.8 Å². The second kappa shape index (κ2) is 5.40. The fraction of sp³-hybridized carbons (Fsp3) is 1.00. The van der Waals surface area contributed by atoms with Crippen molar-refractivity contribution in [1.29, 1.82) is 0 Å². The van der Waals surface area contributed by atoms with Crippen molar-refractivity contribution in [1.82, 2.24) is 0 Å². The Morgan fingerprint density at radius 2 is 1.71 bits per heavy atom. The number of phosphoric ester groups is 1. The van der Waals surface area contributed by atoms with E-state index in [1.807, 2.05) is 0 Å². The Kier molecular flexibility index (Phi) is 4.30. The van der Waals surface area contributed by atoms with E-state index in [0.717, 1.165) is 6.42 Å². The molecule has 3 fully saturated rings. The molecule has 3 saturated heterocycles. The maximum absolute atomic E-state index is 11.7. The van der Waals surface area contributed by atoms with Gasteiger partial charge < -0.3 is 0 Å². The van der Waals surface area contributed by atoms with Gasteiger partial charge in [0.2, 0.25) is 0 Å². The Hall–Kier alpha value is 0.110. The van der Waals surface area contributed by atoms with Crippen LogP contribution in [0.3, 0.4) is 0 Å². The predicted molar refractivity (Wildman–Crippen MR) is 65.8 cm³/mol. The lowest BCUT2D eigenvalue weighted by atomic mass is 9.73. The second-order valence-electron chi connectivity index (χ2n) is 5.23. The van der Waals surface area contributed by atoms with E-state index in [1.54, 1.807) is 0 Å². The van der Waals surface area contributed by atoms with Gasteiger partial charge in [0, 0.05) is 5.41 Å². The van der Waals surface area contributed by atoms with Gasteiger partial charge in [-0.15, -0.1) is 0 Å². The van der Waals surface area contributed by atoms with E-state index in [1.165, 1.54) is 25.7 Å². The van der Waals surface area contributed by atoms with Crippen LogP contribution in [-0.4, -0.2) is 19.8 Å². The molecule has 0 radical (unpaired) electrons. The number of hydrogen-bond acceptors (Lipinski definition) is 4. The van der Waals surface area contributed by atoms with Crippen LogP contribution in [0.5, 0.6) is 0 Å². The van der Waals surface area contributed by atoms with Crippen LogP contribution in [0.1, 0.15) is 46.0 Å². The van der Waals surface area contributed by atoms with Gasteiger partial charge in [-0.1, -0.05) is 39.5 Å². The van der Waals surface area contributed by atoms with Crippen molar-refractivity contribution in [3.05, 3.63) is 0 Å². The Balaban J connectivity index is 1.96. The van der Waals surface area contributed by atoms with Crippen LogP contribution in [0.2, 0.25) is 0 Å². The third-order valence-electron chi connectivity index (χ3n) is 4.05. The number of unbranched alkanes of at least 4 members (excludes halogenated alkanes) is 2. The largest absolute Gasteiger partial charge is 0.474 e. The molecule has 0 aromatic rings. The van der Waals surface area contributed by atoms with Gasteiger partial charge in [-0.05, 0) is 12.3 Å². The van der Waals surface area contributed by atoms with Crippen LogP contribution in [0.4, 0.5) is 0 Å². The van der Waals surface area contributed by atoms with Crippen molar-refractivity contribution < 1.29 is 18.1 Å². The quantitative estimate of drug-likeness (QED) is 0.540. The summed E-state index contributed by atoms with van der Waals surface area (Å²) in [6.07, 6.45) is 6.04. The highest BCUT2D eigenvalue weighted by atomic mass is 31.2. The molecule has 0 aromatic heterocycles. The van der Waals surface area contributed by atoms with Crippen molar-refractivity contribution in [2.24, 2.45) is 11.3 Å². The molecular weight excluding hydrogens is 239 g/mol. The molecule has 3 aliphatic heterocycles. The Morgan fingerprint density at radius 1 is 1.12 bits per heavy atom. The van der Waals surface area contributed by atoms with E-state index < -0.39 is 7.82 Å². The maximum Gasteiger partial charge on any atom is 0.474 e. The summed E-state index contributed by atoms with van der Waals surface area (Å²) in [7, 11) is -3.15. The molecule has 0 amide bonds.